The molecule has 0 bridgehead atoms. The van der Waals surface area contributed by atoms with Crippen LogP contribution in [0.4, 0.5) is 13.2 Å². The second kappa shape index (κ2) is 10.7. The van der Waals surface area contributed by atoms with Gasteiger partial charge in [0.15, 0.2) is 12.7 Å². The maximum atomic E-state index is 13.4. The van der Waals surface area contributed by atoms with E-state index in [0.29, 0.717) is 34.2 Å². The maximum absolute atomic E-state index is 13.4. The summed E-state index contributed by atoms with van der Waals surface area (Å²) in [5.74, 6) is 0.268. The summed E-state index contributed by atoms with van der Waals surface area (Å²) in [6, 6.07) is 18.5. The van der Waals surface area contributed by atoms with Crippen molar-refractivity contribution < 1.29 is 37.3 Å². The maximum Gasteiger partial charge on any atom is 0.416 e. The highest BCUT2D eigenvalue weighted by Crippen LogP contribution is 2.35. The Labute approximate surface area is 210 Å². The molecule has 0 aliphatic rings. The fraction of sp³-hybridized carbons (Fsp3) is 0.185. The Balaban J connectivity index is 1.69. The minimum absolute atomic E-state index is 0.267. The SMILES string of the molecule is COc1ccc(-c2cc(C(Oc3ccc(OCC(=O)O)c(C)c3)c3cccc(C(F)(F)F)c3)[nH]n2)cc1. The van der Waals surface area contributed by atoms with Gasteiger partial charge < -0.3 is 19.3 Å². The summed E-state index contributed by atoms with van der Waals surface area (Å²) >= 11 is 0. The second-order valence-electron chi connectivity index (χ2n) is 8.17. The fourth-order valence-corrected chi connectivity index (χ4v) is 3.70. The minimum Gasteiger partial charge on any atom is -0.497 e. The average molecular weight is 512 g/mol. The normalized spacial score (nSPS) is 12.1. The second-order valence-corrected chi connectivity index (χ2v) is 8.17. The van der Waals surface area contributed by atoms with Crippen molar-refractivity contribution in [1.82, 2.24) is 10.2 Å². The lowest BCUT2D eigenvalue weighted by molar-refractivity contribution is -0.139. The third-order valence-electron chi connectivity index (χ3n) is 5.53. The number of halogens is 3. The Morgan fingerprint density at radius 1 is 1.03 bits per heavy atom. The van der Waals surface area contributed by atoms with Crippen LogP contribution in [0.25, 0.3) is 11.3 Å². The number of aryl methyl sites for hydroxylation is 1. The van der Waals surface area contributed by atoms with Crippen molar-refractivity contribution in [2.75, 3.05) is 13.7 Å². The molecule has 1 atom stereocenters. The smallest absolute Gasteiger partial charge is 0.416 e. The molecule has 0 radical (unpaired) electrons. The van der Waals surface area contributed by atoms with E-state index in [0.717, 1.165) is 17.7 Å². The number of hydrogen-bond donors (Lipinski definition) is 2. The van der Waals surface area contributed by atoms with E-state index in [2.05, 4.69) is 10.2 Å². The Morgan fingerprint density at radius 2 is 1.76 bits per heavy atom. The van der Waals surface area contributed by atoms with Crippen molar-refractivity contribution >= 4 is 5.97 Å². The number of carboxylic acid groups (broad SMARTS) is 1. The predicted octanol–water partition coefficient (Wildman–Crippen LogP) is 6.04. The van der Waals surface area contributed by atoms with Crippen molar-refractivity contribution in [2.45, 2.75) is 19.2 Å². The summed E-state index contributed by atoms with van der Waals surface area (Å²) in [5, 5.41) is 16.1. The first kappa shape index (κ1) is 25.6. The van der Waals surface area contributed by atoms with E-state index in [1.165, 1.54) is 6.07 Å². The van der Waals surface area contributed by atoms with Gasteiger partial charge in [0.2, 0.25) is 0 Å². The van der Waals surface area contributed by atoms with Gasteiger partial charge in [0, 0.05) is 5.56 Å². The summed E-state index contributed by atoms with van der Waals surface area (Å²) in [7, 11) is 1.56. The van der Waals surface area contributed by atoms with Crippen LogP contribution in [0.15, 0.2) is 72.8 Å². The largest absolute Gasteiger partial charge is 0.497 e. The zero-order valence-electron chi connectivity index (χ0n) is 19.9. The van der Waals surface area contributed by atoms with Crippen LogP contribution in [-0.2, 0) is 11.0 Å². The number of hydrogen-bond acceptors (Lipinski definition) is 5. The van der Waals surface area contributed by atoms with Crippen LogP contribution in [-0.4, -0.2) is 35.0 Å². The van der Waals surface area contributed by atoms with Gasteiger partial charge in [0.1, 0.15) is 17.2 Å². The first-order valence-corrected chi connectivity index (χ1v) is 11.1. The van der Waals surface area contributed by atoms with Gasteiger partial charge in [-0.25, -0.2) is 4.79 Å². The Bertz CT molecular complexity index is 1380. The molecule has 0 aliphatic carbocycles. The molecule has 0 fully saturated rings. The lowest BCUT2D eigenvalue weighted by Crippen LogP contribution is -2.13. The number of ether oxygens (including phenoxy) is 3. The molecule has 1 aromatic heterocycles. The molecule has 1 heterocycles. The minimum atomic E-state index is -4.53. The number of aromatic nitrogens is 2. The van der Waals surface area contributed by atoms with Crippen LogP contribution < -0.4 is 14.2 Å². The van der Waals surface area contributed by atoms with Crippen molar-refractivity contribution in [1.29, 1.82) is 0 Å². The molecule has 7 nitrogen and oxygen atoms in total. The predicted molar refractivity (Wildman–Crippen MR) is 129 cm³/mol. The molecular weight excluding hydrogens is 489 g/mol. The van der Waals surface area contributed by atoms with Gasteiger partial charge >= 0.3 is 12.1 Å². The van der Waals surface area contributed by atoms with Crippen LogP contribution >= 0.6 is 0 Å². The van der Waals surface area contributed by atoms with Crippen molar-refractivity contribution in [3.8, 4) is 28.5 Å². The number of carbonyl (C=O) groups is 1. The van der Waals surface area contributed by atoms with E-state index in [4.69, 9.17) is 19.3 Å². The molecule has 0 spiro atoms. The number of methoxy groups -OCH3 is 1. The zero-order chi connectivity index (χ0) is 26.6. The van der Waals surface area contributed by atoms with Gasteiger partial charge in [-0.15, -0.1) is 0 Å². The lowest BCUT2D eigenvalue weighted by atomic mass is 10.0. The molecule has 37 heavy (non-hydrogen) atoms. The molecule has 1 unspecified atom stereocenters. The van der Waals surface area contributed by atoms with E-state index < -0.39 is 30.4 Å². The summed E-state index contributed by atoms with van der Waals surface area (Å²) in [6.45, 7) is 1.21. The van der Waals surface area contributed by atoms with E-state index in [1.807, 2.05) is 12.1 Å². The van der Waals surface area contributed by atoms with Gasteiger partial charge in [-0.1, -0.05) is 12.1 Å². The molecule has 0 amide bonds. The summed E-state index contributed by atoms with van der Waals surface area (Å²) in [5.41, 5.74) is 1.86. The third-order valence-corrected chi connectivity index (χ3v) is 5.53. The number of rotatable bonds is 9. The Hall–Kier alpha value is -4.47. The first-order chi connectivity index (χ1) is 17.6. The Kier molecular flexibility index (Phi) is 7.37. The highest BCUT2D eigenvalue weighted by Gasteiger charge is 2.32. The van der Waals surface area contributed by atoms with Gasteiger partial charge in [-0.2, -0.15) is 18.3 Å². The number of aliphatic carboxylic acids is 1. The summed E-state index contributed by atoms with van der Waals surface area (Å²) in [6.07, 6.45) is -5.48. The van der Waals surface area contributed by atoms with Crippen LogP contribution in [0, 0.1) is 6.92 Å². The van der Waals surface area contributed by atoms with Crippen LogP contribution in [0.3, 0.4) is 0 Å². The van der Waals surface area contributed by atoms with E-state index >= 15 is 0 Å². The van der Waals surface area contributed by atoms with Crippen LogP contribution in [0.2, 0.25) is 0 Å². The summed E-state index contributed by atoms with van der Waals surface area (Å²) < 4.78 is 56.9. The topological polar surface area (TPSA) is 93.7 Å². The molecule has 2 N–H and O–H groups in total. The molecule has 3 aromatic carbocycles. The van der Waals surface area contributed by atoms with Crippen molar-refractivity contribution in [2.24, 2.45) is 0 Å². The zero-order valence-corrected chi connectivity index (χ0v) is 19.9. The van der Waals surface area contributed by atoms with E-state index in [9.17, 15) is 18.0 Å². The number of H-pyrrole nitrogens is 1. The number of carboxylic acids is 1. The molecule has 10 heteroatoms. The standard InChI is InChI=1S/C27H23F3N2O5/c1-16-12-21(10-11-24(16)36-15-25(33)34)37-26(18-4-3-5-19(13-18)27(28,29)30)23-14-22(31-32-23)17-6-8-20(35-2)9-7-17/h3-14,26H,15H2,1-2H3,(H,31,32)(H,33,34). The molecule has 4 rings (SSSR count). The fourth-order valence-electron chi connectivity index (χ4n) is 3.70. The van der Waals surface area contributed by atoms with Gasteiger partial charge in [-0.05, 0) is 78.7 Å². The number of nitrogens with zero attached hydrogens (tertiary/aromatic N) is 1. The lowest BCUT2D eigenvalue weighted by Gasteiger charge is -2.20. The van der Waals surface area contributed by atoms with Crippen molar-refractivity contribution in [3.05, 3.63) is 95.2 Å². The third kappa shape index (κ3) is 6.21. The van der Waals surface area contributed by atoms with Gasteiger partial charge in [0.25, 0.3) is 0 Å². The Morgan fingerprint density at radius 3 is 2.41 bits per heavy atom. The van der Waals surface area contributed by atoms with E-state index in [-0.39, 0.29) is 5.56 Å². The van der Waals surface area contributed by atoms with E-state index in [1.54, 1.807) is 56.5 Å². The highest BCUT2D eigenvalue weighted by atomic mass is 19.4. The number of aromatic amines is 1. The van der Waals surface area contributed by atoms with Gasteiger partial charge in [0.05, 0.1) is 24.1 Å². The number of nitrogens with one attached hydrogen (secondary N) is 1. The molecule has 4 aromatic rings. The van der Waals surface area contributed by atoms with Gasteiger partial charge in [-0.3, -0.25) is 5.10 Å². The highest BCUT2D eigenvalue weighted by molar-refractivity contribution is 5.68. The quantitative estimate of drug-likeness (QED) is 0.284. The summed E-state index contributed by atoms with van der Waals surface area (Å²) in [4.78, 5) is 10.8. The molecule has 0 saturated heterocycles. The monoisotopic (exact) mass is 512 g/mol. The average Bonchev–Trinajstić information content (AvgIpc) is 3.36. The molecule has 192 valence electrons. The number of benzene rings is 3. The first-order valence-electron chi connectivity index (χ1n) is 11.1. The number of alkyl halides is 3. The van der Waals surface area contributed by atoms with Crippen molar-refractivity contribution in [3.63, 3.8) is 0 Å². The molecule has 0 saturated carbocycles. The van der Waals surface area contributed by atoms with Crippen LogP contribution in [0.5, 0.6) is 17.2 Å². The molecule has 0 aliphatic heterocycles. The van der Waals surface area contributed by atoms with Crippen LogP contribution in [0.1, 0.15) is 28.5 Å². The molecular formula is C27H23F3N2O5.